The van der Waals surface area contributed by atoms with E-state index in [4.69, 9.17) is 5.11 Å². The minimum absolute atomic E-state index is 0.171. The summed E-state index contributed by atoms with van der Waals surface area (Å²) in [4.78, 5) is 24.4. The molecule has 5 nitrogen and oxygen atoms in total. The van der Waals surface area contributed by atoms with Crippen LogP contribution in [-0.2, 0) is 20.4 Å². The van der Waals surface area contributed by atoms with E-state index in [2.05, 4.69) is 0 Å². The number of amides is 1. The summed E-state index contributed by atoms with van der Waals surface area (Å²) in [5, 5.41) is 7.92. The van der Waals surface area contributed by atoms with Gasteiger partial charge in [-0.3, -0.25) is 13.8 Å². The van der Waals surface area contributed by atoms with E-state index in [-0.39, 0.29) is 24.1 Å². The van der Waals surface area contributed by atoms with E-state index in [0.717, 1.165) is 12.8 Å². The maximum absolute atomic E-state index is 11.8. The van der Waals surface area contributed by atoms with E-state index in [9.17, 15) is 13.8 Å². The van der Waals surface area contributed by atoms with E-state index in [1.54, 1.807) is 11.8 Å². The van der Waals surface area contributed by atoms with Crippen molar-refractivity contribution in [2.24, 2.45) is 0 Å². The van der Waals surface area contributed by atoms with Gasteiger partial charge < -0.3 is 10.0 Å². The molecule has 2 unspecified atom stereocenters. The third kappa shape index (κ3) is 3.80. The zero-order valence-corrected chi connectivity index (χ0v) is 11.0. The lowest BCUT2D eigenvalue weighted by Gasteiger charge is -2.20. The molecule has 1 aliphatic carbocycles. The Hall–Kier alpha value is -0.910. The molecular formula is C11H19NO4S. The Morgan fingerprint density at radius 3 is 2.35 bits per heavy atom. The zero-order valence-electron chi connectivity index (χ0n) is 10.2. The number of carbonyl (C=O) groups is 2. The first-order chi connectivity index (χ1) is 8.01. The van der Waals surface area contributed by atoms with E-state index in [1.807, 2.05) is 6.92 Å². The van der Waals surface area contributed by atoms with E-state index in [1.165, 1.54) is 0 Å². The van der Waals surface area contributed by atoms with Crippen LogP contribution in [0.2, 0.25) is 0 Å². The second-order valence-electron chi connectivity index (χ2n) is 4.17. The minimum atomic E-state index is -1.62. The summed E-state index contributed by atoms with van der Waals surface area (Å²) >= 11 is 0. The zero-order chi connectivity index (χ0) is 13.0. The second-order valence-corrected chi connectivity index (χ2v) is 5.79. The molecule has 1 aliphatic rings. The van der Waals surface area contributed by atoms with Crippen molar-refractivity contribution in [3.05, 3.63) is 0 Å². The molecule has 1 rings (SSSR count). The predicted molar refractivity (Wildman–Crippen MR) is 65.1 cm³/mol. The summed E-state index contributed by atoms with van der Waals surface area (Å²) in [6, 6.07) is 0.286. The molecule has 2 atom stereocenters. The molecule has 1 saturated carbocycles. The average Bonchev–Trinajstić information content (AvgIpc) is 3.03. The number of carbonyl (C=O) groups excluding carboxylic acids is 1. The van der Waals surface area contributed by atoms with Crippen LogP contribution in [0.25, 0.3) is 0 Å². The van der Waals surface area contributed by atoms with Gasteiger partial charge in [-0.1, -0.05) is 6.92 Å². The standard InChI is InChI=1S/C11H19NO4S/c1-3-9(11(14)15)17(16)7-10(13)12(4-2)8-5-6-8/h8-9H,3-7H2,1-2H3,(H,14,15). The first-order valence-corrected chi connectivity index (χ1v) is 7.28. The van der Waals surface area contributed by atoms with Crippen LogP contribution in [0.1, 0.15) is 33.1 Å². The van der Waals surface area contributed by atoms with Gasteiger partial charge in [0.2, 0.25) is 5.91 Å². The van der Waals surface area contributed by atoms with Gasteiger partial charge in [-0.25, -0.2) is 0 Å². The number of nitrogens with zero attached hydrogens (tertiary/aromatic N) is 1. The Bertz CT molecular complexity index is 327. The Kier molecular flexibility index (Phi) is 5.11. The van der Waals surface area contributed by atoms with Crippen LogP contribution in [-0.4, -0.2) is 49.7 Å². The normalized spacial score (nSPS) is 18.5. The summed E-state index contributed by atoms with van der Waals surface area (Å²) in [5.74, 6) is -1.45. The molecule has 0 aromatic carbocycles. The number of carboxylic acids is 1. The third-order valence-corrected chi connectivity index (χ3v) is 4.58. The molecule has 1 N–H and O–H groups in total. The van der Waals surface area contributed by atoms with Crippen molar-refractivity contribution in [2.75, 3.05) is 12.3 Å². The molecule has 0 bridgehead atoms. The highest BCUT2D eigenvalue weighted by atomic mass is 32.2. The van der Waals surface area contributed by atoms with Crippen molar-refractivity contribution in [3.63, 3.8) is 0 Å². The van der Waals surface area contributed by atoms with Gasteiger partial charge in [0.1, 0.15) is 11.0 Å². The largest absolute Gasteiger partial charge is 0.480 e. The molecular weight excluding hydrogens is 242 g/mol. The summed E-state index contributed by atoms with van der Waals surface area (Å²) in [5.41, 5.74) is 0. The van der Waals surface area contributed by atoms with Gasteiger partial charge in [0.15, 0.2) is 0 Å². The first kappa shape index (κ1) is 14.2. The number of carboxylic acid groups (broad SMARTS) is 1. The van der Waals surface area contributed by atoms with Crippen LogP contribution >= 0.6 is 0 Å². The summed E-state index contributed by atoms with van der Waals surface area (Å²) in [6.45, 7) is 4.15. The molecule has 6 heteroatoms. The molecule has 0 heterocycles. The van der Waals surface area contributed by atoms with Crippen molar-refractivity contribution in [1.82, 2.24) is 4.90 Å². The summed E-state index contributed by atoms with van der Waals surface area (Å²) in [6.07, 6.45) is 2.29. The van der Waals surface area contributed by atoms with Gasteiger partial charge in [0.25, 0.3) is 0 Å². The quantitative estimate of drug-likeness (QED) is 0.728. The molecule has 0 aromatic rings. The fourth-order valence-corrected chi connectivity index (χ4v) is 3.01. The lowest BCUT2D eigenvalue weighted by Crippen LogP contribution is -2.39. The Morgan fingerprint density at radius 1 is 1.41 bits per heavy atom. The summed E-state index contributed by atoms with van der Waals surface area (Å²) in [7, 11) is -1.62. The maximum Gasteiger partial charge on any atom is 0.319 e. The second kappa shape index (κ2) is 6.14. The fourth-order valence-electron chi connectivity index (χ4n) is 1.80. The maximum atomic E-state index is 11.8. The van der Waals surface area contributed by atoms with Crippen LogP contribution < -0.4 is 0 Å². The van der Waals surface area contributed by atoms with Crippen molar-refractivity contribution < 1.29 is 18.9 Å². The molecule has 1 fully saturated rings. The molecule has 0 aliphatic heterocycles. The first-order valence-electron chi connectivity index (χ1n) is 5.90. The lowest BCUT2D eigenvalue weighted by molar-refractivity contribution is -0.136. The molecule has 1 amide bonds. The average molecular weight is 261 g/mol. The van der Waals surface area contributed by atoms with Crippen LogP contribution in [0, 0.1) is 0 Å². The van der Waals surface area contributed by atoms with E-state index >= 15 is 0 Å². The molecule has 0 spiro atoms. The lowest BCUT2D eigenvalue weighted by atomic mass is 10.3. The van der Waals surface area contributed by atoms with Gasteiger partial charge in [-0.15, -0.1) is 0 Å². The van der Waals surface area contributed by atoms with E-state index < -0.39 is 22.0 Å². The fraction of sp³-hybridized carbons (Fsp3) is 0.818. The van der Waals surface area contributed by atoms with Crippen LogP contribution in [0.5, 0.6) is 0 Å². The molecule has 98 valence electrons. The van der Waals surface area contributed by atoms with Crippen molar-refractivity contribution in [1.29, 1.82) is 0 Å². The highest BCUT2D eigenvalue weighted by molar-refractivity contribution is 7.87. The van der Waals surface area contributed by atoms with Crippen LogP contribution in [0.15, 0.2) is 0 Å². The van der Waals surface area contributed by atoms with Gasteiger partial charge >= 0.3 is 5.97 Å². The van der Waals surface area contributed by atoms with Crippen molar-refractivity contribution >= 4 is 22.7 Å². The molecule has 0 aromatic heterocycles. The third-order valence-electron chi connectivity index (χ3n) is 2.88. The van der Waals surface area contributed by atoms with Gasteiger partial charge in [0.05, 0.1) is 0 Å². The molecule has 0 saturated heterocycles. The molecule has 17 heavy (non-hydrogen) atoms. The van der Waals surface area contributed by atoms with Gasteiger partial charge in [-0.05, 0) is 26.2 Å². The number of aliphatic carboxylic acids is 1. The van der Waals surface area contributed by atoms with Crippen LogP contribution in [0.3, 0.4) is 0 Å². The highest BCUT2D eigenvalue weighted by Crippen LogP contribution is 2.26. The number of hydrogen-bond donors (Lipinski definition) is 1. The smallest absolute Gasteiger partial charge is 0.319 e. The monoisotopic (exact) mass is 261 g/mol. The predicted octanol–water partition coefficient (Wildman–Crippen LogP) is 0.609. The minimum Gasteiger partial charge on any atom is -0.480 e. The van der Waals surface area contributed by atoms with Gasteiger partial charge in [-0.2, -0.15) is 0 Å². The Labute approximate surface area is 104 Å². The Balaban J connectivity index is 2.54. The van der Waals surface area contributed by atoms with Crippen molar-refractivity contribution in [2.45, 2.75) is 44.4 Å². The molecule has 0 radical (unpaired) electrons. The van der Waals surface area contributed by atoms with Crippen molar-refractivity contribution in [3.8, 4) is 0 Å². The number of rotatable bonds is 7. The SMILES string of the molecule is CCC(C(=O)O)S(=O)CC(=O)N(CC)C1CC1. The summed E-state index contributed by atoms with van der Waals surface area (Å²) < 4.78 is 11.8. The van der Waals surface area contributed by atoms with Gasteiger partial charge in [0, 0.05) is 23.4 Å². The Morgan fingerprint density at radius 2 is 2.00 bits per heavy atom. The topological polar surface area (TPSA) is 74.7 Å². The number of hydrogen-bond acceptors (Lipinski definition) is 3. The van der Waals surface area contributed by atoms with E-state index in [0.29, 0.717) is 6.54 Å². The highest BCUT2D eigenvalue weighted by Gasteiger charge is 2.33. The van der Waals surface area contributed by atoms with Crippen LogP contribution in [0.4, 0.5) is 0 Å².